The number of carbonyl (C=O) groups excluding carboxylic acids is 1. The summed E-state index contributed by atoms with van der Waals surface area (Å²) in [6, 6.07) is 10.0. The molecule has 2 rings (SSSR count). The van der Waals surface area contributed by atoms with E-state index >= 15 is 0 Å². The quantitative estimate of drug-likeness (QED) is 0.668. The van der Waals surface area contributed by atoms with Gasteiger partial charge in [0.15, 0.2) is 0 Å². The summed E-state index contributed by atoms with van der Waals surface area (Å²) in [6.07, 6.45) is 0. The van der Waals surface area contributed by atoms with Crippen LogP contribution >= 0.6 is 11.8 Å². The van der Waals surface area contributed by atoms with Crippen molar-refractivity contribution in [3.05, 3.63) is 53.3 Å². The first kappa shape index (κ1) is 15.4. The summed E-state index contributed by atoms with van der Waals surface area (Å²) in [4.78, 5) is 13.0. The minimum atomic E-state index is -0.429. The molecule has 3 nitrogen and oxygen atoms in total. The average molecular weight is 304 g/mol. The monoisotopic (exact) mass is 304 g/mol. The van der Waals surface area contributed by atoms with Gasteiger partial charge < -0.3 is 11.1 Å². The molecule has 5 heteroatoms. The van der Waals surface area contributed by atoms with E-state index in [4.69, 9.17) is 5.73 Å². The molecule has 0 spiro atoms. The summed E-state index contributed by atoms with van der Waals surface area (Å²) in [5, 5.41) is 2.63. The minimum Gasteiger partial charge on any atom is -0.397 e. The highest BCUT2D eigenvalue weighted by Gasteiger charge is 2.08. The molecule has 0 bridgehead atoms. The fraction of sp³-hybridized carbons (Fsp3) is 0.188. The summed E-state index contributed by atoms with van der Waals surface area (Å²) in [6.45, 7) is 4.02. The topological polar surface area (TPSA) is 55.1 Å². The summed E-state index contributed by atoms with van der Waals surface area (Å²) >= 11 is 1.45. The summed E-state index contributed by atoms with van der Waals surface area (Å²) < 4.78 is 13.1. The molecule has 2 aromatic carbocycles. The highest BCUT2D eigenvalue weighted by atomic mass is 32.2. The van der Waals surface area contributed by atoms with Crippen molar-refractivity contribution in [3.8, 4) is 0 Å². The number of nitrogens with two attached hydrogens (primary N) is 1. The highest BCUT2D eigenvalue weighted by Crippen LogP contribution is 2.24. The van der Waals surface area contributed by atoms with Crippen molar-refractivity contribution < 1.29 is 9.18 Å². The van der Waals surface area contributed by atoms with Gasteiger partial charge in [0.05, 0.1) is 17.1 Å². The van der Waals surface area contributed by atoms with Crippen LogP contribution in [0.1, 0.15) is 11.1 Å². The molecule has 3 N–H and O–H groups in total. The second-order valence-electron chi connectivity index (χ2n) is 4.84. The maximum atomic E-state index is 13.1. The third-order valence-electron chi connectivity index (χ3n) is 2.99. The number of rotatable bonds is 4. The Morgan fingerprint density at radius 1 is 1.24 bits per heavy atom. The SMILES string of the molecule is Cc1ccc(C)c(SCC(=O)Nc2cc(F)ccc2N)c1. The van der Waals surface area contributed by atoms with Gasteiger partial charge in [0.1, 0.15) is 5.82 Å². The van der Waals surface area contributed by atoms with E-state index in [0.717, 1.165) is 16.0 Å². The van der Waals surface area contributed by atoms with E-state index in [1.807, 2.05) is 32.0 Å². The van der Waals surface area contributed by atoms with Gasteiger partial charge in [-0.2, -0.15) is 0 Å². The molecule has 2 aromatic rings. The van der Waals surface area contributed by atoms with Crippen LogP contribution in [0.2, 0.25) is 0 Å². The minimum absolute atomic E-state index is 0.210. The third kappa shape index (κ3) is 4.23. The number of halogens is 1. The number of amides is 1. The molecule has 0 aromatic heterocycles. The lowest BCUT2D eigenvalue weighted by atomic mass is 10.2. The van der Waals surface area contributed by atoms with Crippen LogP contribution in [0.25, 0.3) is 0 Å². The Morgan fingerprint density at radius 3 is 2.76 bits per heavy atom. The van der Waals surface area contributed by atoms with Crippen LogP contribution in [0.3, 0.4) is 0 Å². The maximum absolute atomic E-state index is 13.1. The lowest BCUT2D eigenvalue weighted by Crippen LogP contribution is -2.15. The standard InChI is InChI=1S/C16H17FN2OS/c1-10-3-4-11(2)15(7-10)21-9-16(20)19-14-8-12(17)5-6-13(14)18/h3-8H,9,18H2,1-2H3,(H,19,20). The summed E-state index contributed by atoms with van der Waals surface area (Å²) in [5.74, 6) is -0.389. The van der Waals surface area contributed by atoms with Gasteiger partial charge in [-0.05, 0) is 43.7 Å². The maximum Gasteiger partial charge on any atom is 0.234 e. The average Bonchev–Trinajstić information content (AvgIpc) is 2.44. The molecule has 110 valence electrons. The van der Waals surface area contributed by atoms with Gasteiger partial charge in [-0.25, -0.2) is 4.39 Å². The summed E-state index contributed by atoms with van der Waals surface area (Å²) in [7, 11) is 0. The molecular weight excluding hydrogens is 287 g/mol. The number of hydrogen-bond acceptors (Lipinski definition) is 3. The molecule has 0 aliphatic heterocycles. The Hall–Kier alpha value is -2.01. The molecule has 0 saturated heterocycles. The van der Waals surface area contributed by atoms with Gasteiger partial charge in [0.25, 0.3) is 0 Å². The number of carbonyl (C=O) groups is 1. The molecule has 0 heterocycles. The van der Waals surface area contributed by atoms with Gasteiger partial charge in [-0.15, -0.1) is 11.8 Å². The number of anilines is 2. The predicted molar refractivity (Wildman–Crippen MR) is 86.1 cm³/mol. The van der Waals surface area contributed by atoms with Crippen LogP contribution in [0, 0.1) is 19.7 Å². The van der Waals surface area contributed by atoms with Crippen molar-refractivity contribution in [3.63, 3.8) is 0 Å². The molecule has 0 saturated carbocycles. The predicted octanol–water partition coefficient (Wildman–Crippen LogP) is 3.76. The van der Waals surface area contributed by atoms with Crippen LogP contribution in [-0.4, -0.2) is 11.7 Å². The molecule has 0 aliphatic carbocycles. The zero-order chi connectivity index (χ0) is 15.4. The van der Waals surface area contributed by atoms with Gasteiger partial charge >= 0.3 is 0 Å². The van der Waals surface area contributed by atoms with Crippen LogP contribution in [-0.2, 0) is 4.79 Å². The van der Waals surface area contributed by atoms with Crippen molar-refractivity contribution in [2.45, 2.75) is 18.7 Å². The zero-order valence-corrected chi connectivity index (χ0v) is 12.8. The molecule has 1 amide bonds. The number of hydrogen-bond donors (Lipinski definition) is 2. The van der Waals surface area contributed by atoms with E-state index < -0.39 is 5.82 Å². The lowest BCUT2D eigenvalue weighted by Gasteiger charge is -2.09. The number of aryl methyl sites for hydroxylation is 2. The fourth-order valence-corrected chi connectivity index (χ4v) is 2.75. The molecule has 21 heavy (non-hydrogen) atoms. The Bertz CT molecular complexity index is 673. The van der Waals surface area contributed by atoms with Crippen molar-refractivity contribution in [2.75, 3.05) is 16.8 Å². The smallest absolute Gasteiger partial charge is 0.234 e. The normalized spacial score (nSPS) is 10.4. The molecule has 0 fully saturated rings. The van der Waals surface area contributed by atoms with E-state index in [0.29, 0.717) is 11.4 Å². The Kier molecular flexibility index (Phi) is 4.85. The van der Waals surface area contributed by atoms with Crippen LogP contribution in [0.4, 0.5) is 15.8 Å². The van der Waals surface area contributed by atoms with Crippen LogP contribution < -0.4 is 11.1 Å². The Balaban J connectivity index is 1.99. The molecule has 0 atom stereocenters. The molecule has 0 unspecified atom stereocenters. The zero-order valence-electron chi connectivity index (χ0n) is 11.9. The molecule has 0 radical (unpaired) electrons. The van der Waals surface area contributed by atoms with Crippen molar-refractivity contribution in [2.24, 2.45) is 0 Å². The second kappa shape index (κ2) is 6.63. The van der Waals surface area contributed by atoms with E-state index in [9.17, 15) is 9.18 Å². The number of nitrogens with one attached hydrogen (secondary N) is 1. The third-order valence-corrected chi connectivity index (χ3v) is 4.15. The molecular formula is C16H17FN2OS. The number of benzene rings is 2. The summed E-state index contributed by atoms with van der Waals surface area (Å²) in [5.41, 5.74) is 8.64. The van der Waals surface area contributed by atoms with E-state index in [1.165, 1.54) is 30.0 Å². The van der Waals surface area contributed by atoms with Crippen LogP contribution in [0.5, 0.6) is 0 Å². The van der Waals surface area contributed by atoms with E-state index in [-0.39, 0.29) is 11.7 Å². The van der Waals surface area contributed by atoms with Crippen molar-refractivity contribution in [1.82, 2.24) is 0 Å². The second-order valence-corrected chi connectivity index (χ2v) is 5.85. The van der Waals surface area contributed by atoms with Crippen LogP contribution in [0.15, 0.2) is 41.3 Å². The van der Waals surface area contributed by atoms with Gasteiger partial charge in [0.2, 0.25) is 5.91 Å². The first-order valence-electron chi connectivity index (χ1n) is 6.50. The lowest BCUT2D eigenvalue weighted by molar-refractivity contribution is -0.113. The number of nitrogen functional groups attached to an aromatic ring is 1. The fourth-order valence-electron chi connectivity index (χ4n) is 1.83. The van der Waals surface area contributed by atoms with Crippen molar-refractivity contribution >= 4 is 29.0 Å². The van der Waals surface area contributed by atoms with Gasteiger partial charge in [0, 0.05) is 4.90 Å². The Morgan fingerprint density at radius 2 is 2.00 bits per heavy atom. The Labute approximate surface area is 127 Å². The largest absolute Gasteiger partial charge is 0.397 e. The van der Waals surface area contributed by atoms with Gasteiger partial charge in [-0.1, -0.05) is 17.7 Å². The van der Waals surface area contributed by atoms with Crippen molar-refractivity contribution in [1.29, 1.82) is 0 Å². The van der Waals surface area contributed by atoms with E-state index in [1.54, 1.807) is 0 Å². The highest BCUT2D eigenvalue weighted by molar-refractivity contribution is 8.00. The van der Waals surface area contributed by atoms with E-state index in [2.05, 4.69) is 5.32 Å². The number of thioether (sulfide) groups is 1. The molecule has 0 aliphatic rings. The van der Waals surface area contributed by atoms with Gasteiger partial charge in [-0.3, -0.25) is 4.79 Å². The first-order chi connectivity index (χ1) is 9.95. The first-order valence-corrected chi connectivity index (χ1v) is 7.49.